The van der Waals surface area contributed by atoms with E-state index in [-0.39, 0.29) is 27.7 Å². The van der Waals surface area contributed by atoms with Crippen LogP contribution < -0.4 is 20.1 Å². The summed E-state index contributed by atoms with van der Waals surface area (Å²) in [6, 6.07) is 2.87. The van der Waals surface area contributed by atoms with Gasteiger partial charge in [-0.2, -0.15) is 0 Å². The minimum atomic E-state index is -0.652. The van der Waals surface area contributed by atoms with Crippen LogP contribution in [0.25, 0.3) is 6.08 Å². The Morgan fingerprint density at radius 1 is 1.14 bits per heavy atom. The summed E-state index contributed by atoms with van der Waals surface area (Å²) in [4.78, 5) is 23.6. The molecule has 0 aliphatic carbocycles. The number of carbonyl (C=O) groups is 2. The smallest absolute Gasteiger partial charge is 0.263 e. The monoisotopic (exact) mass is 308 g/mol. The second-order valence-corrected chi connectivity index (χ2v) is 4.47. The van der Waals surface area contributed by atoms with E-state index in [1.54, 1.807) is 0 Å². The first-order chi connectivity index (χ1) is 9.96. The summed E-state index contributed by atoms with van der Waals surface area (Å²) >= 11 is 4.70. The van der Waals surface area contributed by atoms with Crippen LogP contribution >= 0.6 is 12.2 Å². The molecule has 2 amide bonds. The Balaban J connectivity index is 2.51. The Hall–Kier alpha value is -2.61. The molecule has 0 unspecified atom stereocenters. The Labute approximate surface area is 125 Å². The summed E-state index contributed by atoms with van der Waals surface area (Å²) in [7, 11) is 2.84. The number of phenolic OH excluding ortho intramolecular Hbond substituents is 1. The maximum Gasteiger partial charge on any atom is 0.263 e. The summed E-state index contributed by atoms with van der Waals surface area (Å²) in [6.07, 6.45) is 1.22. The lowest BCUT2D eigenvalue weighted by molar-refractivity contribution is -0.123. The van der Waals surface area contributed by atoms with Crippen LogP contribution in [0.15, 0.2) is 17.7 Å². The van der Waals surface area contributed by atoms with Crippen LogP contribution in [-0.4, -0.2) is 36.3 Å². The van der Waals surface area contributed by atoms with Crippen LogP contribution in [0.3, 0.4) is 0 Å². The highest BCUT2D eigenvalue weighted by Gasteiger charge is 2.26. The summed E-state index contributed by atoms with van der Waals surface area (Å²) in [5, 5.41) is 14.5. The first-order valence-electron chi connectivity index (χ1n) is 5.79. The van der Waals surface area contributed by atoms with Gasteiger partial charge >= 0.3 is 0 Å². The molecule has 0 spiro atoms. The quantitative estimate of drug-likeness (QED) is 0.423. The molecule has 1 aromatic rings. The summed E-state index contributed by atoms with van der Waals surface area (Å²) in [5.74, 6) is -0.854. The van der Waals surface area contributed by atoms with E-state index in [1.807, 2.05) is 0 Å². The van der Waals surface area contributed by atoms with Crippen LogP contribution in [0.4, 0.5) is 0 Å². The van der Waals surface area contributed by atoms with E-state index in [2.05, 4.69) is 10.6 Å². The fraction of sp³-hybridized carbons (Fsp3) is 0.154. The van der Waals surface area contributed by atoms with Gasteiger partial charge < -0.3 is 14.6 Å². The van der Waals surface area contributed by atoms with Crippen molar-refractivity contribution in [1.29, 1.82) is 0 Å². The van der Waals surface area contributed by atoms with E-state index in [9.17, 15) is 14.7 Å². The number of rotatable bonds is 3. The first-order valence-corrected chi connectivity index (χ1v) is 6.20. The molecule has 8 heteroatoms. The van der Waals surface area contributed by atoms with Gasteiger partial charge in [0.25, 0.3) is 11.8 Å². The van der Waals surface area contributed by atoms with Gasteiger partial charge in [0.1, 0.15) is 22.8 Å². The second-order valence-electron chi connectivity index (χ2n) is 4.06. The van der Waals surface area contributed by atoms with Gasteiger partial charge in [0.15, 0.2) is 5.11 Å². The molecule has 1 aliphatic heterocycles. The lowest BCUT2D eigenvalue weighted by Gasteiger charge is -2.17. The molecular formula is C13H12N2O5S. The van der Waals surface area contributed by atoms with Crippen molar-refractivity contribution >= 4 is 35.2 Å². The zero-order valence-corrected chi connectivity index (χ0v) is 12.0. The molecule has 1 heterocycles. The van der Waals surface area contributed by atoms with Crippen LogP contribution in [0.2, 0.25) is 0 Å². The van der Waals surface area contributed by atoms with Crippen LogP contribution in [0.5, 0.6) is 17.2 Å². The Morgan fingerprint density at radius 3 is 2.29 bits per heavy atom. The van der Waals surface area contributed by atoms with Gasteiger partial charge in [-0.05, 0) is 18.3 Å². The number of aromatic hydroxyl groups is 1. The van der Waals surface area contributed by atoms with E-state index in [0.29, 0.717) is 5.75 Å². The standard InChI is InChI=1S/C13H12N2O5S/c1-19-6-3-9(16)7(10(4-6)20-2)5-8-11(17)14-13(21)15-12(8)18/h3-5,16H,1-2H3,(H2,14,15,17,18,21). The number of benzene rings is 1. The SMILES string of the molecule is COc1cc(O)c(C=C2C(=O)NC(=S)NC2=O)c(OC)c1. The summed E-state index contributed by atoms with van der Waals surface area (Å²) < 4.78 is 10.1. The van der Waals surface area contributed by atoms with Crippen molar-refractivity contribution in [2.45, 2.75) is 0 Å². The fourth-order valence-corrected chi connectivity index (χ4v) is 1.96. The molecule has 110 valence electrons. The van der Waals surface area contributed by atoms with Crippen LogP contribution in [-0.2, 0) is 9.59 Å². The molecule has 1 aromatic carbocycles. The molecule has 3 N–H and O–H groups in total. The number of carbonyl (C=O) groups excluding carboxylic acids is 2. The molecule has 0 radical (unpaired) electrons. The molecule has 0 bridgehead atoms. The average molecular weight is 308 g/mol. The molecule has 1 fully saturated rings. The number of amides is 2. The molecule has 0 aromatic heterocycles. The minimum absolute atomic E-state index is 0.0620. The third-order valence-corrected chi connectivity index (χ3v) is 2.99. The van der Waals surface area contributed by atoms with E-state index in [1.165, 1.54) is 32.4 Å². The zero-order chi connectivity index (χ0) is 15.6. The van der Waals surface area contributed by atoms with Gasteiger partial charge in [0.2, 0.25) is 0 Å². The van der Waals surface area contributed by atoms with Crippen molar-refractivity contribution in [3.63, 3.8) is 0 Å². The molecule has 2 rings (SSSR count). The highest BCUT2D eigenvalue weighted by atomic mass is 32.1. The van der Waals surface area contributed by atoms with Crippen molar-refractivity contribution in [2.75, 3.05) is 14.2 Å². The van der Waals surface area contributed by atoms with Crippen molar-refractivity contribution in [2.24, 2.45) is 0 Å². The Kier molecular flexibility index (Phi) is 4.08. The molecule has 1 saturated heterocycles. The zero-order valence-electron chi connectivity index (χ0n) is 11.2. The normalized spacial score (nSPS) is 14.4. The third-order valence-electron chi connectivity index (χ3n) is 2.78. The minimum Gasteiger partial charge on any atom is -0.507 e. The molecule has 7 nitrogen and oxygen atoms in total. The summed E-state index contributed by atoms with van der Waals surface area (Å²) in [6.45, 7) is 0. The number of hydrogen-bond acceptors (Lipinski definition) is 6. The maximum absolute atomic E-state index is 11.8. The highest BCUT2D eigenvalue weighted by Crippen LogP contribution is 2.35. The van der Waals surface area contributed by atoms with Crippen molar-refractivity contribution in [3.05, 3.63) is 23.3 Å². The predicted molar refractivity (Wildman–Crippen MR) is 78.1 cm³/mol. The van der Waals surface area contributed by atoms with Gasteiger partial charge in [-0.25, -0.2) is 0 Å². The third kappa shape index (κ3) is 2.95. The first kappa shape index (κ1) is 14.8. The topological polar surface area (TPSA) is 96.9 Å². The average Bonchev–Trinajstić information content (AvgIpc) is 2.43. The highest BCUT2D eigenvalue weighted by molar-refractivity contribution is 7.80. The number of hydrogen-bond donors (Lipinski definition) is 3. The van der Waals surface area contributed by atoms with Gasteiger partial charge in [-0.3, -0.25) is 20.2 Å². The van der Waals surface area contributed by atoms with Gasteiger partial charge in [0, 0.05) is 12.1 Å². The molecular weight excluding hydrogens is 296 g/mol. The van der Waals surface area contributed by atoms with Crippen LogP contribution in [0, 0.1) is 0 Å². The van der Waals surface area contributed by atoms with Gasteiger partial charge in [-0.15, -0.1) is 0 Å². The molecule has 0 atom stereocenters. The lowest BCUT2D eigenvalue weighted by atomic mass is 10.1. The van der Waals surface area contributed by atoms with Crippen LogP contribution in [0.1, 0.15) is 5.56 Å². The Bertz CT molecular complexity index is 647. The number of thiocarbonyl (C=S) groups is 1. The predicted octanol–water partition coefficient (Wildman–Crippen LogP) is 0.324. The van der Waals surface area contributed by atoms with Gasteiger partial charge in [0.05, 0.1) is 19.8 Å². The maximum atomic E-state index is 11.8. The van der Waals surface area contributed by atoms with E-state index < -0.39 is 11.8 Å². The lowest BCUT2D eigenvalue weighted by Crippen LogP contribution is -2.51. The number of nitrogens with one attached hydrogen (secondary N) is 2. The summed E-state index contributed by atoms with van der Waals surface area (Å²) in [5.41, 5.74) is -0.00575. The van der Waals surface area contributed by atoms with E-state index in [0.717, 1.165) is 0 Å². The number of ether oxygens (including phenoxy) is 2. The van der Waals surface area contributed by atoms with Crippen molar-refractivity contribution in [1.82, 2.24) is 10.6 Å². The fourth-order valence-electron chi connectivity index (χ4n) is 1.77. The number of phenols is 1. The number of methoxy groups -OCH3 is 2. The second kappa shape index (κ2) is 5.80. The molecule has 0 saturated carbocycles. The van der Waals surface area contributed by atoms with E-state index >= 15 is 0 Å². The van der Waals surface area contributed by atoms with E-state index in [4.69, 9.17) is 21.7 Å². The molecule has 1 aliphatic rings. The Morgan fingerprint density at radius 2 is 1.76 bits per heavy atom. The van der Waals surface area contributed by atoms with Gasteiger partial charge in [-0.1, -0.05) is 0 Å². The molecule has 21 heavy (non-hydrogen) atoms. The largest absolute Gasteiger partial charge is 0.507 e. The van der Waals surface area contributed by atoms with Crippen molar-refractivity contribution in [3.8, 4) is 17.2 Å². The van der Waals surface area contributed by atoms with Crippen molar-refractivity contribution < 1.29 is 24.2 Å².